The number of hydrogen-bond donors (Lipinski definition) is 1. The Hall–Kier alpha value is -2.60. The van der Waals surface area contributed by atoms with E-state index in [2.05, 4.69) is 10.3 Å². The summed E-state index contributed by atoms with van der Waals surface area (Å²) in [6.45, 7) is 0. The Bertz CT molecular complexity index is 1040. The molecule has 1 aromatic heterocycles. The molecule has 1 heterocycles. The molecule has 1 fully saturated rings. The van der Waals surface area contributed by atoms with Gasteiger partial charge in [0.15, 0.2) is 5.03 Å². The van der Waals surface area contributed by atoms with Gasteiger partial charge in [-0.15, -0.1) is 0 Å². The summed E-state index contributed by atoms with van der Waals surface area (Å²) in [6, 6.07) is 14.1. The molecule has 3 aromatic rings. The fourth-order valence-corrected chi connectivity index (χ4v) is 4.46. The molecule has 0 aliphatic heterocycles. The number of fused-ring (bicyclic) bond motifs is 1. The molecule has 1 saturated carbocycles. The zero-order chi connectivity index (χ0) is 19.3. The summed E-state index contributed by atoms with van der Waals surface area (Å²) >= 11 is 1.20. The highest BCUT2D eigenvalue weighted by Gasteiger charge is 2.17. The molecule has 0 unspecified atom stereocenters. The van der Waals surface area contributed by atoms with Crippen molar-refractivity contribution in [1.82, 2.24) is 14.9 Å². The van der Waals surface area contributed by atoms with Gasteiger partial charge in [-0.25, -0.2) is 4.98 Å². The summed E-state index contributed by atoms with van der Waals surface area (Å²) in [6.07, 6.45) is 8.99. The molecule has 2 aromatic carbocycles. The summed E-state index contributed by atoms with van der Waals surface area (Å²) < 4.78 is 1.61. The number of benzene rings is 2. The first kappa shape index (κ1) is 18.7. The van der Waals surface area contributed by atoms with Crippen LogP contribution in [-0.4, -0.2) is 27.3 Å². The van der Waals surface area contributed by atoms with Crippen molar-refractivity contribution in [3.05, 3.63) is 65.2 Å². The highest BCUT2D eigenvalue weighted by Crippen LogP contribution is 2.22. The van der Waals surface area contributed by atoms with Crippen LogP contribution in [0.15, 0.2) is 64.7 Å². The third-order valence-corrected chi connectivity index (χ3v) is 6.11. The largest absolute Gasteiger partial charge is 0.353 e. The van der Waals surface area contributed by atoms with Gasteiger partial charge in [-0.2, -0.15) is 0 Å². The first-order valence-corrected chi connectivity index (χ1v) is 10.7. The van der Waals surface area contributed by atoms with E-state index in [-0.39, 0.29) is 23.3 Å². The normalized spacial score (nSPS) is 14.9. The van der Waals surface area contributed by atoms with E-state index in [1.165, 1.54) is 31.0 Å². The van der Waals surface area contributed by atoms with Crippen molar-refractivity contribution in [3.63, 3.8) is 0 Å². The van der Waals surface area contributed by atoms with Gasteiger partial charge >= 0.3 is 0 Å². The highest BCUT2D eigenvalue weighted by atomic mass is 32.2. The Kier molecular flexibility index (Phi) is 5.76. The number of nitrogens with zero attached hydrogens (tertiary/aromatic N) is 2. The number of hydrogen-bond acceptors (Lipinski definition) is 4. The molecular formula is C22H23N3O2S. The van der Waals surface area contributed by atoms with Crippen LogP contribution in [0.5, 0.6) is 0 Å². The molecular weight excluding hydrogens is 370 g/mol. The molecule has 4 rings (SSSR count). The van der Waals surface area contributed by atoms with Crippen molar-refractivity contribution >= 4 is 28.4 Å². The Balaban J connectivity index is 1.52. The Morgan fingerprint density at radius 1 is 1.11 bits per heavy atom. The summed E-state index contributed by atoms with van der Waals surface area (Å²) in [5.74, 6) is 0.178. The standard InChI is InChI=1S/C22H23N3O2S/c26-20(24-17-9-2-1-3-10-17)15-28-21-22(27)25(14-13-23-21)19-12-6-8-16-7-4-5-11-18(16)19/h4-8,11-14,17H,1-3,9-10,15H2,(H,24,26). The lowest BCUT2D eigenvalue weighted by molar-refractivity contribution is -0.119. The van der Waals surface area contributed by atoms with E-state index in [0.717, 1.165) is 29.3 Å². The maximum absolute atomic E-state index is 13.0. The number of carbonyl (C=O) groups excluding carboxylic acids is 1. The number of amides is 1. The van der Waals surface area contributed by atoms with Crippen LogP contribution in [0.2, 0.25) is 0 Å². The lowest BCUT2D eigenvalue weighted by Gasteiger charge is -2.22. The van der Waals surface area contributed by atoms with Crippen LogP contribution in [0.3, 0.4) is 0 Å². The van der Waals surface area contributed by atoms with Gasteiger partial charge < -0.3 is 5.32 Å². The van der Waals surface area contributed by atoms with Gasteiger partial charge in [0.1, 0.15) is 0 Å². The fraction of sp³-hybridized carbons (Fsp3) is 0.318. The third-order valence-electron chi connectivity index (χ3n) is 5.15. The zero-order valence-corrected chi connectivity index (χ0v) is 16.5. The van der Waals surface area contributed by atoms with E-state index in [1.807, 2.05) is 42.5 Å². The minimum atomic E-state index is -0.200. The van der Waals surface area contributed by atoms with Gasteiger partial charge in [0.2, 0.25) is 5.91 Å². The molecule has 0 bridgehead atoms. The number of thioether (sulfide) groups is 1. The maximum Gasteiger partial charge on any atom is 0.287 e. The van der Waals surface area contributed by atoms with Crippen LogP contribution in [0.1, 0.15) is 32.1 Å². The average molecular weight is 394 g/mol. The zero-order valence-electron chi connectivity index (χ0n) is 15.6. The Morgan fingerprint density at radius 3 is 2.75 bits per heavy atom. The van der Waals surface area contributed by atoms with Gasteiger partial charge in [-0.3, -0.25) is 14.2 Å². The first-order chi connectivity index (χ1) is 13.7. The molecule has 6 heteroatoms. The molecule has 1 aliphatic rings. The first-order valence-electron chi connectivity index (χ1n) is 9.70. The number of rotatable bonds is 5. The summed E-state index contributed by atoms with van der Waals surface area (Å²) in [4.78, 5) is 29.4. The van der Waals surface area contributed by atoms with Gasteiger partial charge in [0.25, 0.3) is 5.56 Å². The monoisotopic (exact) mass is 393 g/mol. The molecule has 0 atom stereocenters. The quantitative estimate of drug-likeness (QED) is 0.667. The van der Waals surface area contributed by atoms with Crippen LogP contribution in [0, 0.1) is 0 Å². The Labute approximate surface area is 168 Å². The van der Waals surface area contributed by atoms with Crippen LogP contribution in [0.25, 0.3) is 16.5 Å². The van der Waals surface area contributed by atoms with Crippen molar-refractivity contribution in [2.75, 3.05) is 5.75 Å². The van der Waals surface area contributed by atoms with Crippen molar-refractivity contribution in [2.24, 2.45) is 0 Å². The van der Waals surface area contributed by atoms with E-state index in [4.69, 9.17) is 0 Å². The Morgan fingerprint density at radius 2 is 1.89 bits per heavy atom. The van der Waals surface area contributed by atoms with Crippen LogP contribution in [-0.2, 0) is 4.79 Å². The lowest BCUT2D eigenvalue weighted by atomic mass is 9.95. The van der Waals surface area contributed by atoms with E-state index >= 15 is 0 Å². The smallest absolute Gasteiger partial charge is 0.287 e. The van der Waals surface area contributed by atoms with Crippen molar-refractivity contribution in [3.8, 4) is 5.69 Å². The summed E-state index contributed by atoms with van der Waals surface area (Å²) in [7, 11) is 0. The maximum atomic E-state index is 13.0. The number of aromatic nitrogens is 2. The molecule has 1 N–H and O–H groups in total. The predicted molar refractivity (Wildman–Crippen MR) is 113 cm³/mol. The van der Waals surface area contributed by atoms with E-state index in [0.29, 0.717) is 5.03 Å². The second-order valence-electron chi connectivity index (χ2n) is 7.10. The van der Waals surface area contributed by atoms with E-state index in [9.17, 15) is 9.59 Å². The molecule has 5 nitrogen and oxygen atoms in total. The van der Waals surface area contributed by atoms with Crippen molar-refractivity contribution in [2.45, 2.75) is 43.2 Å². The van der Waals surface area contributed by atoms with Crippen molar-refractivity contribution in [1.29, 1.82) is 0 Å². The molecule has 0 saturated heterocycles. The fourth-order valence-electron chi connectivity index (χ4n) is 3.75. The van der Waals surface area contributed by atoms with Gasteiger partial charge in [-0.1, -0.05) is 67.4 Å². The van der Waals surface area contributed by atoms with Crippen molar-refractivity contribution < 1.29 is 4.79 Å². The molecule has 0 spiro atoms. The minimum Gasteiger partial charge on any atom is -0.353 e. The molecule has 1 aliphatic carbocycles. The van der Waals surface area contributed by atoms with Crippen LogP contribution >= 0.6 is 11.8 Å². The summed E-state index contributed by atoms with van der Waals surface area (Å²) in [5, 5.41) is 5.50. The van der Waals surface area contributed by atoms with Crippen LogP contribution in [0.4, 0.5) is 0 Å². The van der Waals surface area contributed by atoms with E-state index < -0.39 is 0 Å². The SMILES string of the molecule is O=C(CSc1nccn(-c2cccc3ccccc23)c1=O)NC1CCCCC1. The lowest BCUT2D eigenvalue weighted by Crippen LogP contribution is -2.37. The number of nitrogens with one attached hydrogen (secondary N) is 1. The molecule has 144 valence electrons. The highest BCUT2D eigenvalue weighted by molar-refractivity contribution is 7.99. The minimum absolute atomic E-state index is 0.0290. The molecule has 1 amide bonds. The second kappa shape index (κ2) is 8.61. The topological polar surface area (TPSA) is 64.0 Å². The van der Waals surface area contributed by atoms with Gasteiger partial charge in [0.05, 0.1) is 11.4 Å². The second-order valence-corrected chi connectivity index (χ2v) is 8.06. The van der Waals surface area contributed by atoms with Gasteiger partial charge in [-0.05, 0) is 24.3 Å². The van der Waals surface area contributed by atoms with Crippen LogP contribution < -0.4 is 10.9 Å². The molecule has 28 heavy (non-hydrogen) atoms. The van der Waals surface area contributed by atoms with Gasteiger partial charge in [0, 0.05) is 23.8 Å². The van der Waals surface area contributed by atoms with E-state index in [1.54, 1.807) is 17.0 Å². The summed E-state index contributed by atoms with van der Waals surface area (Å²) in [5.41, 5.74) is 0.619. The third kappa shape index (κ3) is 4.12. The number of carbonyl (C=O) groups is 1. The predicted octanol–water partition coefficient (Wildman–Crippen LogP) is 3.93. The molecule has 0 radical (unpaired) electrons. The average Bonchev–Trinajstić information content (AvgIpc) is 2.73.